The highest BCUT2D eigenvalue weighted by atomic mass is 16.1. The second kappa shape index (κ2) is 6.89. The van der Waals surface area contributed by atoms with E-state index < -0.39 is 0 Å². The smallest absolute Gasteiger partial charge is 0.272 e. The lowest BCUT2D eigenvalue weighted by Crippen LogP contribution is -2.52. The molecule has 1 saturated heterocycles. The van der Waals surface area contributed by atoms with E-state index in [1.165, 1.54) is 0 Å². The summed E-state index contributed by atoms with van der Waals surface area (Å²) < 4.78 is 1.75. The molecule has 0 radical (unpaired) electrons. The van der Waals surface area contributed by atoms with Crippen molar-refractivity contribution in [3.05, 3.63) is 47.8 Å². The maximum absolute atomic E-state index is 12.6. The van der Waals surface area contributed by atoms with Gasteiger partial charge < -0.3 is 10.2 Å². The van der Waals surface area contributed by atoms with Crippen LogP contribution in [-0.4, -0.2) is 45.5 Å². The van der Waals surface area contributed by atoms with E-state index in [0.717, 1.165) is 35.5 Å². The first-order valence-electron chi connectivity index (χ1n) is 9.62. The Labute approximate surface area is 164 Å². The molecule has 1 amide bonds. The lowest BCUT2D eigenvalue weighted by atomic mass is 9.92. The average molecular weight is 378 g/mol. The molecule has 0 unspecified atom stereocenters. The summed E-state index contributed by atoms with van der Waals surface area (Å²) in [6.07, 6.45) is 0. The lowest BCUT2D eigenvalue weighted by molar-refractivity contribution is 0.0940. The largest absolute Gasteiger partial charge is 0.354 e. The Balaban J connectivity index is 1.32. The van der Waals surface area contributed by atoms with Gasteiger partial charge in [-0.15, -0.1) is 5.10 Å². The topological polar surface area (TPSA) is 75.9 Å². The van der Waals surface area contributed by atoms with Gasteiger partial charge in [-0.25, -0.2) is 0 Å². The highest BCUT2D eigenvalue weighted by molar-refractivity contribution is 6.04. The van der Waals surface area contributed by atoms with E-state index in [1.807, 2.05) is 43.4 Å². The molecule has 1 aromatic carbocycles. The first-order chi connectivity index (χ1) is 13.3. The quantitative estimate of drug-likeness (QED) is 0.755. The van der Waals surface area contributed by atoms with Crippen molar-refractivity contribution in [2.75, 3.05) is 24.5 Å². The summed E-state index contributed by atoms with van der Waals surface area (Å²) in [5.41, 5.74) is 2.43. The number of nitrogens with one attached hydrogen (secondary N) is 1. The molecule has 0 atom stereocenters. The second-order valence-electron chi connectivity index (χ2n) is 8.50. The van der Waals surface area contributed by atoms with E-state index in [0.29, 0.717) is 18.2 Å². The molecule has 146 valence electrons. The maximum atomic E-state index is 12.6. The number of nitrogens with zero attached hydrogens (tertiary/aromatic N) is 5. The van der Waals surface area contributed by atoms with E-state index in [9.17, 15) is 4.79 Å². The zero-order valence-electron chi connectivity index (χ0n) is 16.8. The summed E-state index contributed by atoms with van der Waals surface area (Å²) in [5.74, 6) is 1.18. The van der Waals surface area contributed by atoms with Crippen LogP contribution in [0.25, 0.3) is 10.9 Å². The minimum absolute atomic E-state index is 0.00292. The van der Waals surface area contributed by atoms with Gasteiger partial charge in [-0.2, -0.15) is 10.2 Å². The van der Waals surface area contributed by atoms with Crippen LogP contribution in [0.4, 0.5) is 5.82 Å². The fraction of sp³-hybridized carbons (Fsp3) is 0.429. The van der Waals surface area contributed by atoms with Crippen molar-refractivity contribution in [3.8, 4) is 0 Å². The van der Waals surface area contributed by atoms with Gasteiger partial charge in [-0.05, 0) is 18.2 Å². The van der Waals surface area contributed by atoms with Gasteiger partial charge in [-0.3, -0.25) is 9.48 Å². The molecule has 0 spiro atoms. The average Bonchev–Trinajstić information content (AvgIpc) is 2.97. The van der Waals surface area contributed by atoms with Crippen LogP contribution in [0.5, 0.6) is 0 Å². The van der Waals surface area contributed by atoms with E-state index in [1.54, 1.807) is 4.68 Å². The Hall–Kier alpha value is -2.96. The third-order valence-electron chi connectivity index (χ3n) is 5.22. The van der Waals surface area contributed by atoms with E-state index in [4.69, 9.17) is 0 Å². The number of aryl methyl sites for hydroxylation is 1. The number of para-hydroxylation sites is 1. The minimum atomic E-state index is -0.121. The lowest BCUT2D eigenvalue weighted by Gasteiger charge is -2.40. The summed E-state index contributed by atoms with van der Waals surface area (Å²) in [7, 11) is 1.86. The number of amides is 1. The van der Waals surface area contributed by atoms with Gasteiger partial charge in [0.05, 0.1) is 11.2 Å². The van der Waals surface area contributed by atoms with Crippen molar-refractivity contribution < 1.29 is 4.79 Å². The molecule has 3 heterocycles. The number of hydrogen-bond acceptors (Lipinski definition) is 5. The molecule has 1 aliphatic rings. The number of rotatable bonds is 4. The van der Waals surface area contributed by atoms with Crippen LogP contribution in [0.15, 0.2) is 36.4 Å². The van der Waals surface area contributed by atoms with Crippen LogP contribution in [0.3, 0.4) is 0 Å². The highest BCUT2D eigenvalue weighted by Crippen LogP contribution is 2.25. The monoisotopic (exact) mass is 378 g/mol. The van der Waals surface area contributed by atoms with E-state index in [-0.39, 0.29) is 11.3 Å². The number of anilines is 1. The number of fused-ring (bicyclic) bond motifs is 1. The first-order valence-corrected chi connectivity index (χ1v) is 9.62. The van der Waals surface area contributed by atoms with Crippen molar-refractivity contribution in [2.45, 2.75) is 26.2 Å². The highest BCUT2D eigenvalue weighted by Gasteiger charge is 2.29. The number of hydrogen-bond donors (Lipinski definition) is 1. The van der Waals surface area contributed by atoms with Crippen molar-refractivity contribution >= 4 is 22.6 Å². The molecule has 0 bridgehead atoms. The SMILES string of the molecule is Cn1nc(C(=O)NCC2CN(c3ccc(C(C)(C)C)nn3)C2)c2ccccc21. The molecule has 7 nitrogen and oxygen atoms in total. The molecule has 3 aromatic rings. The second-order valence-corrected chi connectivity index (χ2v) is 8.50. The molecule has 7 heteroatoms. The van der Waals surface area contributed by atoms with Crippen molar-refractivity contribution in [1.82, 2.24) is 25.3 Å². The summed E-state index contributed by atoms with van der Waals surface area (Å²) in [6.45, 7) is 8.75. The molecular weight excluding hydrogens is 352 g/mol. The van der Waals surface area contributed by atoms with Crippen LogP contribution < -0.4 is 10.2 Å². The van der Waals surface area contributed by atoms with Gasteiger partial charge >= 0.3 is 0 Å². The number of carbonyl (C=O) groups excluding carboxylic acids is 1. The Bertz CT molecular complexity index is 996. The van der Waals surface area contributed by atoms with E-state index >= 15 is 0 Å². The third kappa shape index (κ3) is 3.44. The zero-order valence-corrected chi connectivity index (χ0v) is 16.8. The molecule has 0 saturated carbocycles. The molecule has 1 aliphatic heterocycles. The van der Waals surface area contributed by atoms with Crippen LogP contribution in [0, 0.1) is 5.92 Å². The molecule has 2 aromatic heterocycles. The Morgan fingerprint density at radius 3 is 2.57 bits per heavy atom. The van der Waals surface area contributed by atoms with Crippen molar-refractivity contribution in [2.24, 2.45) is 13.0 Å². The van der Waals surface area contributed by atoms with Crippen LogP contribution >= 0.6 is 0 Å². The van der Waals surface area contributed by atoms with Gasteiger partial charge in [0.25, 0.3) is 5.91 Å². The predicted octanol–water partition coefficient (Wildman–Crippen LogP) is 2.53. The maximum Gasteiger partial charge on any atom is 0.272 e. The van der Waals surface area contributed by atoms with Gasteiger partial charge in [0, 0.05) is 43.4 Å². The molecule has 4 rings (SSSR count). The Morgan fingerprint density at radius 2 is 1.89 bits per heavy atom. The van der Waals surface area contributed by atoms with Gasteiger partial charge in [0.15, 0.2) is 11.5 Å². The van der Waals surface area contributed by atoms with Crippen molar-refractivity contribution in [1.29, 1.82) is 0 Å². The summed E-state index contributed by atoms with van der Waals surface area (Å²) >= 11 is 0. The summed E-state index contributed by atoms with van der Waals surface area (Å²) in [5, 5.41) is 17.0. The van der Waals surface area contributed by atoms with E-state index in [2.05, 4.69) is 46.3 Å². The summed E-state index contributed by atoms with van der Waals surface area (Å²) in [6, 6.07) is 11.9. The Kier molecular flexibility index (Phi) is 4.53. The zero-order chi connectivity index (χ0) is 19.9. The third-order valence-corrected chi connectivity index (χ3v) is 5.22. The van der Waals surface area contributed by atoms with Gasteiger partial charge in [-0.1, -0.05) is 39.0 Å². The minimum Gasteiger partial charge on any atom is -0.354 e. The summed E-state index contributed by atoms with van der Waals surface area (Å²) in [4.78, 5) is 14.8. The van der Waals surface area contributed by atoms with Gasteiger partial charge in [0.1, 0.15) is 0 Å². The van der Waals surface area contributed by atoms with Gasteiger partial charge in [0.2, 0.25) is 0 Å². The van der Waals surface area contributed by atoms with Crippen LogP contribution in [0.1, 0.15) is 37.0 Å². The van der Waals surface area contributed by atoms with Crippen LogP contribution in [-0.2, 0) is 12.5 Å². The molecule has 28 heavy (non-hydrogen) atoms. The van der Waals surface area contributed by atoms with Crippen LogP contribution in [0.2, 0.25) is 0 Å². The fourth-order valence-corrected chi connectivity index (χ4v) is 3.48. The van der Waals surface area contributed by atoms with Crippen molar-refractivity contribution in [3.63, 3.8) is 0 Å². The molecular formula is C21H26N6O. The Morgan fingerprint density at radius 1 is 1.14 bits per heavy atom. The number of carbonyl (C=O) groups is 1. The fourth-order valence-electron chi connectivity index (χ4n) is 3.48. The number of benzene rings is 1. The predicted molar refractivity (Wildman–Crippen MR) is 109 cm³/mol. The molecule has 1 fully saturated rings. The first kappa shape index (κ1) is 18.4. The number of aromatic nitrogens is 4. The normalized spacial score (nSPS) is 14.9. The molecule has 0 aliphatic carbocycles. The molecule has 1 N–H and O–H groups in total. The standard InChI is InChI=1S/C21H26N6O/c1-21(2,3)17-9-10-18(24-23-17)27-12-14(13-27)11-22-20(28)19-15-7-5-6-8-16(15)26(4)25-19/h5-10,14H,11-13H2,1-4H3,(H,22,28).